The van der Waals surface area contributed by atoms with Crippen molar-refractivity contribution in [1.82, 2.24) is 4.98 Å². The maximum absolute atomic E-state index is 12.5. The highest BCUT2D eigenvalue weighted by Gasteiger charge is 2.26. The third-order valence-electron chi connectivity index (χ3n) is 2.79. The van der Waals surface area contributed by atoms with Gasteiger partial charge in [0.05, 0.1) is 4.90 Å². The molecule has 1 N–H and O–H groups in total. The zero-order valence-corrected chi connectivity index (χ0v) is 12.5. The molecule has 1 aromatic carbocycles. The maximum Gasteiger partial charge on any atom is 0.339 e. The van der Waals surface area contributed by atoms with Crippen LogP contribution in [0.15, 0.2) is 47.5 Å². The largest absolute Gasteiger partial charge is 0.478 e. The van der Waals surface area contributed by atoms with Gasteiger partial charge in [0.25, 0.3) is 10.0 Å². The summed E-state index contributed by atoms with van der Waals surface area (Å²) in [6.07, 6.45) is 1.33. The van der Waals surface area contributed by atoms with Crippen molar-refractivity contribution < 1.29 is 18.3 Å². The van der Waals surface area contributed by atoms with Crippen LogP contribution >= 0.6 is 11.6 Å². The molecular weight excluding hydrogens is 316 g/mol. The first-order chi connectivity index (χ1) is 9.84. The Labute approximate surface area is 126 Å². The molecule has 2 rings (SSSR count). The number of aromatic carboxylic acids is 1. The Morgan fingerprint density at radius 3 is 2.43 bits per heavy atom. The van der Waals surface area contributed by atoms with Crippen LogP contribution < -0.4 is 4.31 Å². The van der Waals surface area contributed by atoms with E-state index in [-0.39, 0.29) is 16.3 Å². The molecule has 0 aliphatic rings. The smallest absolute Gasteiger partial charge is 0.339 e. The van der Waals surface area contributed by atoms with Gasteiger partial charge >= 0.3 is 5.97 Å². The first-order valence-corrected chi connectivity index (χ1v) is 7.58. The van der Waals surface area contributed by atoms with Gasteiger partial charge < -0.3 is 5.11 Å². The average molecular weight is 327 g/mol. The second-order valence-corrected chi connectivity index (χ2v) is 6.51. The van der Waals surface area contributed by atoms with Gasteiger partial charge in [0.2, 0.25) is 0 Å². The summed E-state index contributed by atoms with van der Waals surface area (Å²) in [7, 11) is -2.67. The summed E-state index contributed by atoms with van der Waals surface area (Å²) in [5.74, 6) is -1.41. The predicted octanol–water partition coefficient (Wildman–Crippen LogP) is 2.26. The van der Waals surface area contributed by atoms with Gasteiger partial charge in [-0.15, -0.1) is 0 Å². The molecule has 0 amide bonds. The number of sulfonamides is 1. The molecule has 1 heterocycles. The maximum atomic E-state index is 12.5. The van der Waals surface area contributed by atoms with E-state index in [1.54, 1.807) is 0 Å². The molecule has 110 valence electrons. The van der Waals surface area contributed by atoms with Gasteiger partial charge in [0.15, 0.2) is 5.82 Å². The Morgan fingerprint density at radius 2 is 1.86 bits per heavy atom. The lowest BCUT2D eigenvalue weighted by Gasteiger charge is -2.19. The summed E-state index contributed by atoms with van der Waals surface area (Å²) in [6, 6.07) is 8.29. The molecule has 21 heavy (non-hydrogen) atoms. The first-order valence-electron chi connectivity index (χ1n) is 5.77. The fraction of sp³-hybridized carbons (Fsp3) is 0.0769. The Morgan fingerprint density at radius 1 is 1.24 bits per heavy atom. The third kappa shape index (κ3) is 2.98. The van der Waals surface area contributed by atoms with Crippen LogP contribution in [-0.2, 0) is 10.0 Å². The van der Waals surface area contributed by atoms with E-state index in [2.05, 4.69) is 4.98 Å². The van der Waals surface area contributed by atoms with Crippen molar-refractivity contribution in [2.24, 2.45) is 0 Å². The van der Waals surface area contributed by atoms with Crippen LogP contribution in [-0.4, -0.2) is 31.5 Å². The lowest BCUT2D eigenvalue weighted by atomic mass is 10.2. The van der Waals surface area contributed by atoms with Crippen molar-refractivity contribution in [3.63, 3.8) is 0 Å². The molecule has 0 aliphatic heterocycles. The van der Waals surface area contributed by atoms with Gasteiger partial charge in [0.1, 0.15) is 5.56 Å². The normalized spacial score (nSPS) is 11.1. The average Bonchev–Trinajstić information content (AvgIpc) is 2.46. The van der Waals surface area contributed by atoms with Crippen molar-refractivity contribution in [2.45, 2.75) is 4.90 Å². The van der Waals surface area contributed by atoms with Crippen LogP contribution in [0.3, 0.4) is 0 Å². The van der Waals surface area contributed by atoms with Crippen molar-refractivity contribution in [3.05, 3.63) is 53.2 Å². The highest BCUT2D eigenvalue weighted by molar-refractivity contribution is 7.92. The number of carboxylic acid groups (broad SMARTS) is 1. The van der Waals surface area contributed by atoms with E-state index in [1.807, 2.05) is 0 Å². The molecule has 0 atom stereocenters. The molecule has 2 aromatic rings. The van der Waals surface area contributed by atoms with E-state index in [1.165, 1.54) is 49.6 Å². The van der Waals surface area contributed by atoms with Crippen molar-refractivity contribution in [1.29, 1.82) is 0 Å². The SMILES string of the molecule is CN(c1ncccc1C(=O)O)S(=O)(=O)c1ccc(Cl)cc1. The topological polar surface area (TPSA) is 87.6 Å². The number of rotatable bonds is 4. The van der Waals surface area contributed by atoms with Crippen LogP contribution in [0.25, 0.3) is 0 Å². The lowest BCUT2D eigenvalue weighted by molar-refractivity contribution is 0.0697. The Bertz CT molecular complexity index is 775. The summed E-state index contributed by atoms with van der Waals surface area (Å²) < 4.78 is 25.8. The minimum Gasteiger partial charge on any atom is -0.478 e. The molecule has 0 radical (unpaired) electrons. The summed E-state index contributed by atoms with van der Waals surface area (Å²) >= 11 is 5.73. The zero-order valence-electron chi connectivity index (χ0n) is 10.9. The number of nitrogens with zero attached hydrogens (tertiary/aromatic N) is 2. The van der Waals surface area contributed by atoms with E-state index >= 15 is 0 Å². The highest BCUT2D eigenvalue weighted by Crippen LogP contribution is 2.24. The number of hydrogen-bond acceptors (Lipinski definition) is 4. The van der Waals surface area contributed by atoms with E-state index in [0.29, 0.717) is 5.02 Å². The van der Waals surface area contributed by atoms with Crippen LogP contribution in [0.1, 0.15) is 10.4 Å². The van der Waals surface area contributed by atoms with Gasteiger partial charge in [-0.2, -0.15) is 0 Å². The highest BCUT2D eigenvalue weighted by atomic mass is 35.5. The number of pyridine rings is 1. The number of halogens is 1. The van der Waals surface area contributed by atoms with E-state index in [4.69, 9.17) is 16.7 Å². The van der Waals surface area contributed by atoms with Crippen LogP contribution in [0.2, 0.25) is 5.02 Å². The molecule has 1 aromatic heterocycles. The monoisotopic (exact) mass is 326 g/mol. The molecule has 8 heteroatoms. The van der Waals surface area contributed by atoms with Crippen LogP contribution in [0.4, 0.5) is 5.82 Å². The zero-order chi connectivity index (χ0) is 15.6. The second kappa shape index (κ2) is 5.71. The summed E-state index contributed by atoms with van der Waals surface area (Å²) in [6.45, 7) is 0. The molecule has 0 spiro atoms. The van der Waals surface area contributed by atoms with E-state index in [9.17, 15) is 13.2 Å². The summed E-state index contributed by atoms with van der Waals surface area (Å²) in [5.41, 5.74) is -0.197. The van der Waals surface area contributed by atoms with Gasteiger partial charge in [-0.1, -0.05) is 11.6 Å². The molecular formula is C13H11ClN2O4S. The Kier molecular flexibility index (Phi) is 4.15. The lowest BCUT2D eigenvalue weighted by Crippen LogP contribution is -2.29. The second-order valence-electron chi connectivity index (χ2n) is 4.11. The Balaban J connectivity index is 2.51. The van der Waals surface area contributed by atoms with Crippen molar-refractivity contribution in [2.75, 3.05) is 11.4 Å². The van der Waals surface area contributed by atoms with Crippen molar-refractivity contribution in [3.8, 4) is 0 Å². The molecule has 0 saturated carbocycles. The predicted molar refractivity (Wildman–Crippen MR) is 78.2 cm³/mol. The number of carbonyl (C=O) groups is 1. The van der Waals surface area contributed by atoms with E-state index in [0.717, 1.165) is 4.31 Å². The van der Waals surface area contributed by atoms with Gasteiger partial charge in [-0.05, 0) is 36.4 Å². The van der Waals surface area contributed by atoms with Crippen molar-refractivity contribution >= 4 is 33.4 Å². The number of benzene rings is 1. The third-order valence-corrected chi connectivity index (χ3v) is 4.80. The first kappa shape index (κ1) is 15.3. The number of anilines is 1. The molecule has 0 unspecified atom stereocenters. The fourth-order valence-electron chi connectivity index (χ4n) is 1.69. The summed E-state index contributed by atoms with van der Waals surface area (Å²) in [5, 5.41) is 9.51. The fourth-order valence-corrected chi connectivity index (χ4v) is 2.99. The van der Waals surface area contributed by atoms with Gasteiger partial charge in [-0.3, -0.25) is 4.31 Å². The number of aromatic nitrogens is 1. The van der Waals surface area contributed by atoms with Gasteiger partial charge in [0, 0.05) is 18.3 Å². The molecule has 0 aliphatic carbocycles. The molecule has 0 fully saturated rings. The van der Waals surface area contributed by atoms with Crippen LogP contribution in [0.5, 0.6) is 0 Å². The standard InChI is InChI=1S/C13H11ClN2O4S/c1-16(12-11(13(17)18)3-2-8-15-12)21(19,20)10-6-4-9(14)5-7-10/h2-8H,1H3,(H,17,18). The number of carboxylic acids is 1. The minimum absolute atomic E-state index is 0.00334. The molecule has 0 saturated heterocycles. The minimum atomic E-state index is -3.92. The number of hydrogen-bond donors (Lipinski definition) is 1. The Hall–Kier alpha value is -2.12. The molecule has 6 nitrogen and oxygen atoms in total. The van der Waals surface area contributed by atoms with Crippen LogP contribution in [0, 0.1) is 0 Å². The quantitative estimate of drug-likeness (QED) is 0.931. The van der Waals surface area contributed by atoms with Gasteiger partial charge in [-0.25, -0.2) is 18.2 Å². The van der Waals surface area contributed by atoms with E-state index < -0.39 is 16.0 Å². The molecule has 0 bridgehead atoms. The summed E-state index contributed by atoms with van der Waals surface area (Å²) in [4.78, 5) is 15.0.